The van der Waals surface area contributed by atoms with Gasteiger partial charge in [0.1, 0.15) is 0 Å². The average molecular weight is 546 g/mol. The van der Waals surface area contributed by atoms with Crippen LogP contribution in [-0.2, 0) is 12.0 Å². The van der Waals surface area contributed by atoms with Crippen molar-refractivity contribution in [3.8, 4) is 0 Å². The number of hydrogen-bond donors (Lipinski definition) is 1. The Labute approximate surface area is 238 Å². The smallest absolute Gasteiger partial charge is 0.317 e. The molecule has 0 bridgehead atoms. The number of urea groups is 1. The summed E-state index contributed by atoms with van der Waals surface area (Å²) in [5.74, 6) is 1.93. The summed E-state index contributed by atoms with van der Waals surface area (Å²) in [6.07, 6.45) is 4.68. The normalized spacial score (nSPS) is 19.6. The number of benzene rings is 1. The quantitative estimate of drug-likeness (QED) is 0.303. The molecule has 2 fully saturated rings. The van der Waals surface area contributed by atoms with Gasteiger partial charge in [-0.15, -0.1) is 11.8 Å². The number of rotatable bonds is 8. The molecule has 2 aromatic heterocycles. The zero-order chi connectivity index (χ0) is 27.7. The fourth-order valence-corrected chi connectivity index (χ4v) is 6.21. The molecule has 39 heavy (non-hydrogen) atoms. The van der Waals surface area contributed by atoms with Crippen molar-refractivity contribution < 1.29 is 4.79 Å². The molecule has 1 aromatic carbocycles. The zero-order valence-corrected chi connectivity index (χ0v) is 25.1. The monoisotopic (exact) mass is 545 g/mol. The van der Waals surface area contributed by atoms with Crippen molar-refractivity contribution in [2.75, 3.05) is 18.8 Å². The van der Waals surface area contributed by atoms with E-state index in [0.717, 1.165) is 22.7 Å². The van der Waals surface area contributed by atoms with Gasteiger partial charge < -0.3 is 10.2 Å². The van der Waals surface area contributed by atoms with E-state index in [1.807, 2.05) is 16.7 Å². The molecule has 6 nitrogen and oxygen atoms in total. The van der Waals surface area contributed by atoms with Crippen LogP contribution in [0.3, 0.4) is 0 Å². The lowest BCUT2D eigenvalue weighted by Crippen LogP contribution is -2.38. The van der Waals surface area contributed by atoms with Crippen molar-refractivity contribution in [3.63, 3.8) is 0 Å². The molecule has 2 aliphatic rings. The first-order valence-corrected chi connectivity index (χ1v) is 15.4. The van der Waals surface area contributed by atoms with Gasteiger partial charge in [0.15, 0.2) is 0 Å². The van der Waals surface area contributed by atoms with Crippen LogP contribution in [0.4, 0.5) is 4.79 Å². The minimum Gasteiger partial charge on any atom is -0.334 e. The van der Waals surface area contributed by atoms with Crippen LogP contribution in [-0.4, -0.2) is 44.5 Å². The Kier molecular flexibility index (Phi) is 8.08. The second-order valence-electron chi connectivity index (χ2n) is 12.4. The third-order valence-corrected chi connectivity index (χ3v) is 8.75. The number of amides is 2. The van der Waals surface area contributed by atoms with Crippen LogP contribution in [0.25, 0.3) is 0 Å². The van der Waals surface area contributed by atoms with Crippen LogP contribution in [0.15, 0.2) is 53.6 Å². The molecule has 7 heteroatoms. The number of pyridine rings is 1. The highest BCUT2D eigenvalue weighted by Gasteiger charge is 2.41. The lowest BCUT2D eigenvalue weighted by Gasteiger charge is -2.23. The molecule has 2 unspecified atom stereocenters. The third kappa shape index (κ3) is 6.34. The highest BCUT2D eigenvalue weighted by Crippen LogP contribution is 2.44. The van der Waals surface area contributed by atoms with Crippen LogP contribution in [0, 0.1) is 0 Å². The van der Waals surface area contributed by atoms with Gasteiger partial charge in [-0.05, 0) is 67.8 Å². The predicted molar refractivity (Wildman–Crippen MR) is 160 cm³/mol. The van der Waals surface area contributed by atoms with Crippen LogP contribution in [0.2, 0.25) is 0 Å². The first-order chi connectivity index (χ1) is 18.6. The summed E-state index contributed by atoms with van der Waals surface area (Å²) in [6.45, 7) is 15.0. The van der Waals surface area contributed by atoms with Crippen molar-refractivity contribution >= 4 is 17.8 Å². The molecule has 0 spiro atoms. The Hall–Kier alpha value is -2.80. The number of likely N-dealkylation sites (tertiary alicyclic amines) is 1. The van der Waals surface area contributed by atoms with Gasteiger partial charge in [0, 0.05) is 71.3 Å². The second-order valence-corrected chi connectivity index (χ2v) is 13.7. The first kappa shape index (κ1) is 27.8. The molecule has 2 atom stereocenters. The van der Waals surface area contributed by atoms with Crippen molar-refractivity contribution in [2.45, 2.75) is 95.0 Å². The number of thioether (sulfide) groups is 1. The molecular weight excluding hydrogens is 502 g/mol. The molecule has 3 aromatic rings. The number of carbonyl (C=O) groups excluding carboxylic acids is 1. The zero-order valence-electron chi connectivity index (χ0n) is 24.3. The summed E-state index contributed by atoms with van der Waals surface area (Å²) >= 11 is 1.83. The van der Waals surface area contributed by atoms with Crippen LogP contribution in [0.5, 0.6) is 0 Å². The molecule has 1 saturated carbocycles. The number of carbonyl (C=O) groups is 1. The summed E-state index contributed by atoms with van der Waals surface area (Å²) in [5, 5.41) is 8.23. The first-order valence-electron chi connectivity index (χ1n) is 14.4. The van der Waals surface area contributed by atoms with Crippen molar-refractivity contribution in [1.29, 1.82) is 0 Å². The Morgan fingerprint density at radius 3 is 2.38 bits per heavy atom. The highest BCUT2D eigenvalue weighted by molar-refractivity contribution is 7.99. The molecule has 1 N–H and O–H groups in total. The molecule has 3 heterocycles. The minimum atomic E-state index is -0.0960. The Balaban J connectivity index is 1.41. The van der Waals surface area contributed by atoms with Gasteiger partial charge in [-0.3, -0.25) is 9.67 Å². The van der Waals surface area contributed by atoms with E-state index in [0.29, 0.717) is 25.6 Å². The molecule has 2 amide bonds. The van der Waals surface area contributed by atoms with Gasteiger partial charge in [-0.2, -0.15) is 5.10 Å². The van der Waals surface area contributed by atoms with E-state index < -0.39 is 0 Å². The van der Waals surface area contributed by atoms with E-state index in [9.17, 15) is 4.79 Å². The summed E-state index contributed by atoms with van der Waals surface area (Å²) in [7, 11) is 0. The summed E-state index contributed by atoms with van der Waals surface area (Å²) in [4.78, 5) is 21.9. The van der Waals surface area contributed by atoms with Gasteiger partial charge in [0.2, 0.25) is 0 Å². The minimum absolute atomic E-state index is 0.0126. The maximum Gasteiger partial charge on any atom is 0.317 e. The molecule has 1 aliphatic heterocycles. The Morgan fingerprint density at radius 2 is 1.74 bits per heavy atom. The van der Waals surface area contributed by atoms with Crippen LogP contribution >= 0.6 is 11.8 Å². The summed E-state index contributed by atoms with van der Waals surface area (Å²) < 4.78 is 2.09. The summed E-state index contributed by atoms with van der Waals surface area (Å²) in [5.41, 5.74) is 5.69. The highest BCUT2D eigenvalue weighted by atomic mass is 32.2. The second kappa shape index (κ2) is 11.4. The number of aromatic nitrogens is 3. The fourth-order valence-electron chi connectivity index (χ4n) is 5.55. The van der Waals surface area contributed by atoms with Gasteiger partial charge in [-0.1, -0.05) is 45.9 Å². The third-order valence-electron chi connectivity index (χ3n) is 7.85. The van der Waals surface area contributed by atoms with Gasteiger partial charge in [0.25, 0.3) is 0 Å². The van der Waals surface area contributed by atoms with Crippen molar-refractivity contribution in [2.24, 2.45) is 0 Å². The average Bonchev–Trinajstić information content (AvgIpc) is 3.49. The standard InChI is InChI=1S/C32H43N5OS/c1-7-39-24-15-11-22(12-16-24)17-33-31(38)36-18-25(27-20-37(21(2)3)35-30(27)32(4,5)6)26(19-36)29-10-8-9-28(34-29)23-13-14-23/h8-12,15-16,20-21,23,25-26H,7,13-14,17-19H2,1-6H3,(H,33,38). The van der Waals surface area contributed by atoms with Gasteiger partial charge in [-0.25, -0.2) is 4.79 Å². The lowest BCUT2D eigenvalue weighted by molar-refractivity contribution is 0.207. The molecule has 1 saturated heterocycles. The SMILES string of the molecule is CCSc1ccc(CNC(=O)N2CC(c3cccc(C4CC4)n3)C(c3cn(C(C)C)nc3C(C)(C)C)C2)cc1. The topological polar surface area (TPSA) is 63.1 Å². The van der Waals surface area contributed by atoms with E-state index in [1.165, 1.54) is 29.0 Å². The van der Waals surface area contributed by atoms with Crippen LogP contribution in [0.1, 0.15) is 106 Å². The number of nitrogens with one attached hydrogen (secondary N) is 1. The Morgan fingerprint density at radius 1 is 1.05 bits per heavy atom. The fraction of sp³-hybridized carbons (Fsp3) is 0.531. The summed E-state index contributed by atoms with van der Waals surface area (Å²) in [6, 6.07) is 15.2. The van der Waals surface area contributed by atoms with E-state index in [-0.39, 0.29) is 29.3 Å². The molecule has 5 rings (SSSR count). The number of nitrogens with zero attached hydrogens (tertiary/aromatic N) is 4. The van der Waals surface area contributed by atoms with Crippen molar-refractivity contribution in [3.05, 3.63) is 76.9 Å². The molecule has 0 radical (unpaired) electrons. The Bertz CT molecular complexity index is 1290. The van der Waals surface area contributed by atoms with Crippen molar-refractivity contribution in [1.82, 2.24) is 25.0 Å². The van der Waals surface area contributed by atoms with Gasteiger partial charge >= 0.3 is 6.03 Å². The van der Waals surface area contributed by atoms with Crippen LogP contribution < -0.4 is 5.32 Å². The molecular formula is C32H43N5OS. The molecule has 1 aliphatic carbocycles. The molecule has 208 valence electrons. The van der Waals surface area contributed by atoms with E-state index >= 15 is 0 Å². The number of hydrogen-bond acceptors (Lipinski definition) is 4. The van der Waals surface area contributed by atoms with E-state index in [4.69, 9.17) is 10.1 Å². The van der Waals surface area contributed by atoms with E-state index in [1.54, 1.807) is 0 Å². The van der Waals surface area contributed by atoms with Gasteiger partial charge in [0.05, 0.1) is 5.69 Å². The predicted octanol–water partition coefficient (Wildman–Crippen LogP) is 7.24. The maximum atomic E-state index is 13.5. The lowest BCUT2D eigenvalue weighted by atomic mass is 9.80. The largest absolute Gasteiger partial charge is 0.334 e. The van der Waals surface area contributed by atoms with E-state index in [2.05, 4.69) is 100 Å². The maximum absolute atomic E-state index is 13.5.